The van der Waals surface area contributed by atoms with Crippen LogP contribution in [0.1, 0.15) is 112 Å². The van der Waals surface area contributed by atoms with E-state index in [9.17, 15) is 9.90 Å². The molecule has 0 saturated heterocycles. The van der Waals surface area contributed by atoms with Gasteiger partial charge in [-0.05, 0) is 76.8 Å². The highest BCUT2D eigenvalue weighted by molar-refractivity contribution is 7.16. The largest absolute Gasteiger partial charge is 0.507 e. The van der Waals surface area contributed by atoms with Crippen LogP contribution >= 0.6 is 11.3 Å². The first kappa shape index (κ1) is 29.1. The van der Waals surface area contributed by atoms with Crippen molar-refractivity contribution < 1.29 is 14.3 Å². The third-order valence-electron chi connectivity index (χ3n) is 7.78. The van der Waals surface area contributed by atoms with Crippen molar-refractivity contribution in [2.75, 3.05) is 0 Å². The van der Waals surface area contributed by atoms with Gasteiger partial charge in [0.1, 0.15) is 16.5 Å². The van der Waals surface area contributed by atoms with E-state index >= 15 is 0 Å². The van der Waals surface area contributed by atoms with Crippen molar-refractivity contribution in [3.05, 3.63) is 69.0 Å². The van der Waals surface area contributed by atoms with E-state index in [1.54, 1.807) is 17.6 Å². The molecule has 0 unspecified atom stereocenters. The molecule has 6 heteroatoms. The van der Waals surface area contributed by atoms with E-state index in [1.807, 2.05) is 30.5 Å². The lowest BCUT2D eigenvalue weighted by molar-refractivity contribution is 0.0947. The smallest absolute Gasteiger partial charge is 0.255 e. The van der Waals surface area contributed by atoms with Crippen molar-refractivity contribution in [3.63, 3.8) is 0 Å². The quantitative estimate of drug-likeness (QED) is 0.314. The highest BCUT2D eigenvalue weighted by Gasteiger charge is 2.34. The molecule has 2 heterocycles. The molecule has 5 nitrogen and oxygen atoms in total. The molecule has 1 atom stereocenters. The molecule has 1 aliphatic rings. The predicted octanol–water partition coefficient (Wildman–Crippen LogP) is 8.47. The Morgan fingerprint density at radius 3 is 2.28 bits per heavy atom. The molecule has 210 valence electrons. The van der Waals surface area contributed by atoms with Gasteiger partial charge in [-0.15, -0.1) is 11.3 Å². The van der Waals surface area contributed by atoms with Crippen LogP contribution in [0.25, 0.3) is 0 Å². The number of nitrogens with zero attached hydrogens (tertiary/aromatic N) is 1. The van der Waals surface area contributed by atoms with Gasteiger partial charge in [0, 0.05) is 22.2 Å². The number of phenols is 1. The molecule has 4 rings (SSSR count). The number of carbonyl (C=O) groups is 1. The number of nitrogens with one attached hydrogen (secondary N) is 1. The van der Waals surface area contributed by atoms with Crippen LogP contribution < -0.4 is 5.32 Å². The minimum absolute atomic E-state index is 0.110. The Bertz CT molecular complexity index is 1320. The molecule has 39 heavy (non-hydrogen) atoms. The second-order valence-corrected chi connectivity index (χ2v) is 15.1. The zero-order chi connectivity index (χ0) is 28.8. The summed E-state index contributed by atoms with van der Waals surface area (Å²) < 4.78 is 5.43. The van der Waals surface area contributed by atoms with E-state index in [4.69, 9.17) is 9.41 Å². The van der Waals surface area contributed by atoms with Crippen molar-refractivity contribution in [3.8, 4) is 5.75 Å². The summed E-state index contributed by atoms with van der Waals surface area (Å²) in [6, 6.07) is 7.73. The van der Waals surface area contributed by atoms with E-state index in [0.717, 1.165) is 52.3 Å². The van der Waals surface area contributed by atoms with Crippen LogP contribution in [0.4, 0.5) is 5.00 Å². The minimum atomic E-state index is -0.227. The number of benzene rings is 1. The number of rotatable bonds is 5. The summed E-state index contributed by atoms with van der Waals surface area (Å²) in [5.74, 6) is 1.53. The van der Waals surface area contributed by atoms with Gasteiger partial charge in [0.15, 0.2) is 0 Å². The molecule has 0 aliphatic heterocycles. The maximum atomic E-state index is 13.5. The van der Waals surface area contributed by atoms with Crippen molar-refractivity contribution in [1.29, 1.82) is 0 Å². The SMILES string of the molecule is CC(C)(C)c1cc(C=Nc2sc3c(c2C(=O)NCc2ccco2)CC[C@@H](C(C)(C)C)C3)cc(C(C)(C)C)c1O. The summed E-state index contributed by atoms with van der Waals surface area (Å²) in [6.07, 6.45) is 6.39. The van der Waals surface area contributed by atoms with Crippen LogP contribution in [0.5, 0.6) is 5.75 Å². The fraction of sp³-hybridized carbons (Fsp3) is 0.515. The fourth-order valence-electron chi connectivity index (χ4n) is 5.31. The lowest BCUT2D eigenvalue weighted by Crippen LogP contribution is -2.28. The van der Waals surface area contributed by atoms with E-state index in [0.29, 0.717) is 23.8 Å². The molecule has 3 aromatic rings. The Kier molecular flexibility index (Phi) is 7.92. The van der Waals surface area contributed by atoms with E-state index in [-0.39, 0.29) is 22.2 Å². The molecule has 2 N–H and O–H groups in total. The number of hydrogen-bond donors (Lipinski definition) is 2. The molecule has 1 aromatic carbocycles. The average molecular weight is 549 g/mol. The molecule has 1 amide bonds. The zero-order valence-corrected chi connectivity index (χ0v) is 25.8. The predicted molar refractivity (Wildman–Crippen MR) is 162 cm³/mol. The standard InChI is InChI=1S/C33H44N2O3S/c1-31(2,3)21-12-13-23-26(17-21)39-30(27(23)29(37)34-19-22-11-10-14-38-22)35-18-20-15-24(32(4,5)6)28(36)25(16-20)33(7,8)9/h10-11,14-16,18,21,36H,12-13,17,19H2,1-9H3,(H,34,37)/t21-/m1/s1. The molecule has 0 bridgehead atoms. The van der Waals surface area contributed by atoms with Crippen molar-refractivity contribution in [1.82, 2.24) is 5.32 Å². The third kappa shape index (κ3) is 6.49. The first-order chi connectivity index (χ1) is 18.1. The van der Waals surface area contributed by atoms with Gasteiger partial charge >= 0.3 is 0 Å². The molecule has 1 aliphatic carbocycles. The summed E-state index contributed by atoms with van der Waals surface area (Å²) in [6.45, 7) is 19.9. The van der Waals surface area contributed by atoms with Gasteiger partial charge < -0.3 is 14.8 Å². The van der Waals surface area contributed by atoms with Crippen LogP contribution in [0.2, 0.25) is 0 Å². The first-order valence-electron chi connectivity index (χ1n) is 13.9. The molecule has 2 aromatic heterocycles. The lowest BCUT2D eigenvalue weighted by atomic mass is 9.72. The maximum absolute atomic E-state index is 13.5. The average Bonchev–Trinajstić information content (AvgIpc) is 3.47. The van der Waals surface area contributed by atoms with Crippen LogP contribution in [-0.4, -0.2) is 17.2 Å². The lowest BCUT2D eigenvalue weighted by Gasteiger charge is -2.33. The van der Waals surface area contributed by atoms with Gasteiger partial charge in [-0.1, -0.05) is 62.3 Å². The summed E-state index contributed by atoms with van der Waals surface area (Å²) in [5, 5.41) is 14.9. The van der Waals surface area contributed by atoms with Crippen LogP contribution in [0.15, 0.2) is 39.9 Å². The topological polar surface area (TPSA) is 74.8 Å². The number of fused-ring (bicyclic) bond motifs is 1. The van der Waals surface area contributed by atoms with Gasteiger partial charge in [0.05, 0.1) is 18.4 Å². The number of furan rings is 1. The van der Waals surface area contributed by atoms with Crippen molar-refractivity contribution in [2.45, 2.75) is 99.0 Å². The number of amides is 1. The fourth-order valence-corrected chi connectivity index (χ4v) is 6.58. The highest BCUT2D eigenvalue weighted by Crippen LogP contribution is 2.45. The van der Waals surface area contributed by atoms with Crippen molar-refractivity contribution in [2.24, 2.45) is 16.3 Å². The summed E-state index contributed by atoms with van der Waals surface area (Å²) >= 11 is 1.64. The second-order valence-electron chi connectivity index (χ2n) is 14.0. The second kappa shape index (κ2) is 10.6. The minimum Gasteiger partial charge on any atom is -0.507 e. The number of phenolic OH excluding ortho intramolecular Hbond substituents is 1. The molecule has 0 spiro atoms. The first-order valence-corrected chi connectivity index (χ1v) is 14.7. The van der Waals surface area contributed by atoms with E-state index in [1.165, 1.54) is 4.88 Å². The zero-order valence-electron chi connectivity index (χ0n) is 25.0. The Morgan fingerprint density at radius 2 is 1.74 bits per heavy atom. The summed E-state index contributed by atoms with van der Waals surface area (Å²) in [7, 11) is 0. The number of hydrogen-bond acceptors (Lipinski definition) is 5. The van der Waals surface area contributed by atoms with Gasteiger partial charge in [-0.3, -0.25) is 4.79 Å². The Balaban J connectivity index is 1.75. The van der Waals surface area contributed by atoms with Gasteiger partial charge in [-0.25, -0.2) is 4.99 Å². The Morgan fingerprint density at radius 1 is 1.10 bits per heavy atom. The number of aliphatic imine (C=N–C) groups is 1. The number of aromatic hydroxyl groups is 1. The van der Waals surface area contributed by atoms with Gasteiger partial charge in [0.25, 0.3) is 5.91 Å². The van der Waals surface area contributed by atoms with E-state index in [2.05, 4.69) is 67.6 Å². The molecular weight excluding hydrogens is 504 g/mol. The molecule has 0 saturated carbocycles. The highest BCUT2D eigenvalue weighted by atomic mass is 32.1. The van der Waals surface area contributed by atoms with E-state index < -0.39 is 0 Å². The maximum Gasteiger partial charge on any atom is 0.255 e. The summed E-state index contributed by atoms with van der Waals surface area (Å²) in [5.41, 5.74) is 4.30. The number of carbonyl (C=O) groups excluding carboxylic acids is 1. The van der Waals surface area contributed by atoms with Crippen LogP contribution in [0.3, 0.4) is 0 Å². The molecular formula is C33H44N2O3S. The Labute approximate surface area is 237 Å². The van der Waals surface area contributed by atoms with Crippen molar-refractivity contribution >= 4 is 28.5 Å². The Hall–Kier alpha value is -2.86. The number of thiophene rings is 1. The summed E-state index contributed by atoms with van der Waals surface area (Å²) in [4.78, 5) is 19.8. The monoisotopic (exact) mass is 548 g/mol. The van der Waals surface area contributed by atoms with Crippen LogP contribution in [0, 0.1) is 11.3 Å². The third-order valence-corrected chi connectivity index (χ3v) is 8.94. The van der Waals surface area contributed by atoms with Crippen LogP contribution in [-0.2, 0) is 30.2 Å². The van der Waals surface area contributed by atoms with Gasteiger partial charge in [-0.2, -0.15) is 0 Å². The molecule has 0 radical (unpaired) electrons. The normalized spacial score (nSPS) is 16.5. The van der Waals surface area contributed by atoms with Gasteiger partial charge in [0.2, 0.25) is 0 Å². The molecule has 0 fully saturated rings.